The highest BCUT2D eigenvalue weighted by Crippen LogP contribution is 2.38. The molecule has 4 nitrogen and oxygen atoms in total. The Morgan fingerprint density at radius 3 is 2.44 bits per heavy atom. The Kier molecular flexibility index (Phi) is 4.75. The Morgan fingerprint density at radius 1 is 1.22 bits per heavy atom. The summed E-state index contributed by atoms with van der Waals surface area (Å²) in [6.45, 7) is 3.61. The van der Waals surface area contributed by atoms with Crippen molar-refractivity contribution >= 4 is 28.3 Å². The lowest BCUT2D eigenvalue weighted by molar-refractivity contribution is -0.140. The number of alkyl halides is 5. The van der Waals surface area contributed by atoms with Crippen LogP contribution in [0.15, 0.2) is 18.2 Å². The molecule has 144 valence electrons. The molecule has 0 aliphatic rings. The molecule has 0 saturated heterocycles. The minimum atomic E-state index is -4.96. The zero-order valence-corrected chi connectivity index (χ0v) is 15.0. The molecule has 0 aliphatic heterocycles. The molecule has 2 aromatic heterocycles. The number of hydrogen-bond acceptors (Lipinski definition) is 3. The second-order valence-corrected chi connectivity index (χ2v) is 6.35. The van der Waals surface area contributed by atoms with Gasteiger partial charge in [0.2, 0.25) is 0 Å². The molecule has 3 aromatic rings. The van der Waals surface area contributed by atoms with Gasteiger partial charge >= 0.3 is 6.18 Å². The van der Waals surface area contributed by atoms with Crippen LogP contribution in [0.25, 0.3) is 16.6 Å². The van der Waals surface area contributed by atoms with Crippen LogP contribution in [0.3, 0.4) is 0 Å². The molecule has 0 spiro atoms. The average molecular weight is 405 g/mol. The van der Waals surface area contributed by atoms with Gasteiger partial charge in [-0.05, 0) is 42.7 Å². The molecule has 0 amide bonds. The molecular formula is C17H14ClF5N4. The number of aromatic nitrogens is 3. The van der Waals surface area contributed by atoms with Crippen molar-refractivity contribution in [3.8, 4) is 5.69 Å². The first kappa shape index (κ1) is 19.3. The molecule has 0 atom stereocenters. The Bertz CT molecular complexity index is 1030. The van der Waals surface area contributed by atoms with E-state index in [9.17, 15) is 22.0 Å². The minimum Gasteiger partial charge on any atom is -0.383 e. The summed E-state index contributed by atoms with van der Waals surface area (Å²) < 4.78 is 67.2. The summed E-state index contributed by atoms with van der Waals surface area (Å²) in [6, 6.07) is 4.07. The maximum absolute atomic E-state index is 13.4. The number of aryl methyl sites for hydroxylation is 2. The zero-order valence-electron chi connectivity index (χ0n) is 14.2. The van der Waals surface area contributed by atoms with Crippen molar-refractivity contribution < 1.29 is 22.0 Å². The van der Waals surface area contributed by atoms with Gasteiger partial charge in [0, 0.05) is 5.02 Å². The summed E-state index contributed by atoms with van der Waals surface area (Å²) in [6.07, 6.45) is -7.55. The molecule has 0 unspecified atom stereocenters. The fourth-order valence-electron chi connectivity index (χ4n) is 2.86. The van der Waals surface area contributed by atoms with Gasteiger partial charge in [-0.1, -0.05) is 18.5 Å². The lowest BCUT2D eigenvalue weighted by atomic mass is 10.1. The number of hydrogen-bond donors (Lipinski definition) is 1. The van der Waals surface area contributed by atoms with Crippen LogP contribution in [-0.2, 0) is 12.6 Å². The lowest BCUT2D eigenvalue weighted by Gasteiger charge is -2.11. The molecule has 10 heteroatoms. The minimum absolute atomic E-state index is 0.309. The second kappa shape index (κ2) is 6.63. The molecular weight excluding hydrogens is 391 g/mol. The second-order valence-electron chi connectivity index (χ2n) is 5.97. The van der Waals surface area contributed by atoms with Crippen LogP contribution in [0.2, 0.25) is 5.02 Å². The molecule has 0 bridgehead atoms. The molecule has 2 N–H and O–H groups in total. The first-order chi connectivity index (χ1) is 12.5. The number of nitrogen functional groups attached to an aromatic ring is 1. The Balaban J connectivity index is 2.34. The van der Waals surface area contributed by atoms with Crippen molar-refractivity contribution in [2.75, 3.05) is 5.73 Å². The Hall–Kier alpha value is -2.42. The topological polar surface area (TPSA) is 56.7 Å². The predicted octanol–water partition coefficient (Wildman–Crippen LogP) is 5.48. The fourth-order valence-corrected chi connectivity index (χ4v) is 3.11. The highest BCUT2D eigenvalue weighted by Gasteiger charge is 2.38. The van der Waals surface area contributed by atoms with Gasteiger partial charge in [-0.15, -0.1) is 0 Å². The van der Waals surface area contributed by atoms with Crippen molar-refractivity contribution in [2.24, 2.45) is 0 Å². The lowest BCUT2D eigenvalue weighted by Crippen LogP contribution is -2.11. The molecule has 0 fully saturated rings. The van der Waals surface area contributed by atoms with Gasteiger partial charge in [0.05, 0.1) is 16.6 Å². The van der Waals surface area contributed by atoms with Crippen molar-refractivity contribution in [3.63, 3.8) is 0 Å². The van der Waals surface area contributed by atoms with Crippen LogP contribution >= 0.6 is 11.6 Å². The van der Waals surface area contributed by atoms with E-state index in [-0.39, 0.29) is 11.3 Å². The first-order valence-electron chi connectivity index (χ1n) is 7.88. The molecule has 1 aromatic carbocycles. The van der Waals surface area contributed by atoms with E-state index < -0.39 is 29.4 Å². The van der Waals surface area contributed by atoms with Gasteiger partial charge < -0.3 is 5.73 Å². The highest BCUT2D eigenvalue weighted by atomic mass is 35.5. The summed E-state index contributed by atoms with van der Waals surface area (Å²) in [5.74, 6) is -0.339. The molecule has 0 saturated carbocycles. The zero-order chi connectivity index (χ0) is 20.1. The van der Waals surface area contributed by atoms with E-state index in [1.54, 1.807) is 19.1 Å². The predicted molar refractivity (Wildman–Crippen MR) is 92.4 cm³/mol. The standard InChI is InChI=1S/C17H14ClF5N4/c1-3-8-5-9(4-7(2)13(8)18)27-16(24)12-10(26-27)6-11(15(19)20)25-14(12)17(21,22)23/h4-6,15H,3,24H2,1-2H3. The first-order valence-corrected chi connectivity index (χ1v) is 8.26. The van der Waals surface area contributed by atoms with Crippen LogP contribution in [0.5, 0.6) is 0 Å². The van der Waals surface area contributed by atoms with Gasteiger partial charge in [-0.2, -0.15) is 18.3 Å². The number of rotatable bonds is 3. The third-order valence-corrected chi connectivity index (χ3v) is 4.68. The smallest absolute Gasteiger partial charge is 0.383 e. The van der Waals surface area contributed by atoms with Crippen molar-refractivity contribution in [2.45, 2.75) is 32.9 Å². The van der Waals surface area contributed by atoms with Crippen LogP contribution in [0, 0.1) is 6.92 Å². The Labute approximate surface area is 155 Å². The van der Waals surface area contributed by atoms with E-state index in [0.717, 1.165) is 16.3 Å². The van der Waals surface area contributed by atoms with Gasteiger partial charge in [0.15, 0.2) is 5.69 Å². The third-order valence-electron chi connectivity index (χ3n) is 4.14. The number of fused-ring (bicyclic) bond motifs is 1. The normalized spacial score (nSPS) is 12.3. The maximum Gasteiger partial charge on any atom is 0.434 e. The third kappa shape index (κ3) is 3.31. The summed E-state index contributed by atoms with van der Waals surface area (Å²) >= 11 is 6.21. The summed E-state index contributed by atoms with van der Waals surface area (Å²) in [4.78, 5) is 3.08. The van der Waals surface area contributed by atoms with E-state index >= 15 is 0 Å². The summed E-state index contributed by atoms with van der Waals surface area (Å²) in [5, 5.41) is 4.04. The molecule has 0 radical (unpaired) electrons. The number of nitrogens with two attached hydrogens (primary N) is 1. The highest BCUT2D eigenvalue weighted by molar-refractivity contribution is 6.32. The number of anilines is 1. The van der Waals surface area contributed by atoms with E-state index in [0.29, 0.717) is 22.7 Å². The van der Waals surface area contributed by atoms with Crippen LogP contribution in [0.1, 0.15) is 35.9 Å². The quantitative estimate of drug-likeness (QED) is 0.588. The van der Waals surface area contributed by atoms with Crippen molar-refractivity contribution in [1.29, 1.82) is 0 Å². The molecule has 2 heterocycles. The van der Waals surface area contributed by atoms with Gasteiger partial charge in [0.25, 0.3) is 6.43 Å². The van der Waals surface area contributed by atoms with E-state index in [1.807, 2.05) is 6.92 Å². The Morgan fingerprint density at radius 2 is 1.89 bits per heavy atom. The average Bonchev–Trinajstić information content (AvgIpc) is 2.92. The summed E-state index contributed by atoms with van der Waals surface area (Å²) in [5.41, 5.74) is 4.93. The van der Waals surface area contributed by atoms with E-state index in [2.05, 4.69) is 10.1 Å². The van der Waals surface area contributed by atoms with E-state index in [1.165, 1.54) is 0 Å². The SMILES string of the molecule is CCc1cc(-n2nc3cc(C(F)F)nc(C(F)(F)F)c3c2N)cc(C)c1Cl. The number of nitrogens with zero attached hydrogens (tertiary/aromatic N) is 3. The van der Waals surface area contributed by atoms with Gasteiger partial charge in [-0.3, -0.25) is 0 Å². The largest absolute Gasteiger partial charge is 0.434 e. The van der Waals surface area contributed by atoms with Crippen molar-refractivity contribution in [1.82, 2.24) is 14.8 Å². The fraction of sp³-hybridized carbons (Fsp3) is 0.294. The molecule has 0 aliphatic carbocycles. The van der Waals surface area contributed by atoms with E-state index in [4.69, 9.17) is 17.3 Å². The molecule has 27 heavy (non-hydrogen) atoms. The number of pyridine rings is 1. The van der Waals surface area contributed by atoms with Crippen molar-refractivity contribution in [3.05, 3.63) is 45.7 Å². The van der Waals surface area contributed by atoms with Crippen LogP contribution < -0.4 is 5.73 Å². The molecule has 3 rings (SSSR count). The number of halogens is 6. The summed E-state index contributed by atoms with van der Waals surface area (Å²) in [7, 11) is 0. The maximum atomic E-state index is 13.4. The van der Waals surface area contributed by atoms with Gasteiger partial charge in [-0.25, -0.2) is 18.4 Å². The number of benzene rings is 1. The monoisotopic (exact) mass is 404 g/mol. The van der Waals surface area contributed by atoms with Crippen LogP contribution in [0.4, 0.5) is 27.8 Å². The van der Waals surface area contributed by atoms with Gasteiger partial charge in [0.1, 0.15) is 11.5 Å². The van der Waals surface area contributed by atoms with Crippen LogP contribution in [-0.4, -0.2) is 14.8 Å².